The molecule has 0 aliphatic carbocycles. The molecular formula is C12H26N2S. The summed E-state index contributed by atoms with van der Waals surface area (Å²) in [6.45, 7) is 10.6. The van der Waals surface area contributed by atoms with Crippen LogP contribution >= 0.6 is 11.8 Å². The van der Waals surface area contributed by atoms with Gasteiger partial charge in [0.2, 0.25) is 0 Å². The van der Waals surface area contributed by atoms with Gasteiger partial charge in [-0.25, -0.2) is 0 Å². The first-order valence-electron chi connectivity index (χ1n) is 6.15. The van der Waals surface area contributed by atoms with Crippen LogP contribution in [-0.2, 0) is 0 Å². The molecule has 0 aromatic heterocycles. The van der Waals surface area contributed by atoms with Gasteiger partial charge in [0, 0.05) is 24.4 Å². The average Bonchev–Trinajstić information content (AvgIpc) is 2.21. The Morgan fingerprint density at radius 3 is 2.80 bits per heavy atom. The Morgan fingerprint density at radius 2 is 2.27 bits per heavy atom. The van der Waals surface area contributed by atoms with Crippen LogP contribution in [0.2, 0.25) is 0 Å². The first-order valence-corrected chi connectivity index (χ1v) is 7.54. The Bertz CT molecular complexity index is 175. The third-order valence-electron chi connectivity index (χ3n) is 3.43. The van der Waals surface area contributed by atoms with Gasteiger partial charge >= 0.3 is 0 Å². The van der Waals surface area contributed by atoms with Crippen LogP contribution in [0.4, 0.5) is 0 Å². The van der Waals surface area contributed by atoms with E-state index in [0.717, 1.165) is 24.5 Å². The van der Waals surface area contributed by atoms with E-state index in [1.165, 1.54) is 25.3 Å². The van der Waals surface area contributed by atoms with Crippen molar-refractivity contribution in [2.75, 3.05) is 31.6 Å². The summed E-state index contributed by atoms with van der Waals surface area (Å²) in [5, 5.41) is 3.59. The fraction of sp³-hybridized carbons (Fsp3) is 1.00. The molecule has 1 rings (SSSR count). The molecule has 2 nitrogen and oxygen atoms in total. The number of hydrogen-bond acceptors (Lipinski definition) is 3. The number of nitrogens with zero attached hydrogens (tertiary/aromatic N) is 1. The van der Waals surface area contributed by atoms with Crippen LogP contribution < -0.4 is 5.32 Å². The molecule has 0 radical (unpaired) electrons. The number of likely N-dealkylation sites (tertiary alicyclic amines) is 1. The van der Waals surface area contributed by atoms with E-state index < -0.39 is 0 Å². The van der Waals surface area contributed by atoms with E-state index in [1.54, 1.807) is 0 Å². The predicted octanol–water partition coefficient (Wildman–Crippen LogP) is 2.06. The lowest BCUT2D eigenvalue weighted by atomic mass is 9.93. The third-order valence-corrected chi connectivity index (χ3v) is 4.25. The lowest BCUT2D eigenvalue weighted by Gasteiger charge is -2.40. The van der Waals surface area contributed by atoms with Crippen LogP contribution in [0.5, 0.6) is 0 Å². The fourth-order valence-electron chi connectivity index (χ4n) is 2.49. The van der Waals surface area contributed by atoms with E-state index in [4.69, 9.17) is 0 Å². The number of thioether (sulfide) groups is 1. The second kappa shape index (κ2) is 6.77. The molecule has 1 aliphatic heterocycles. The van der Waals surface area contributed by atoms with Crippen molar-refractivity contribution in [1.29, 1.82) is 0 Å². The summed E-state index contributed by atoms with van der Waals surface area (Å²) < 4.78 is 0. The van der Waals surface area contributed by atoms with Gasteiger partial charge in [0.1, 0.15) is 0 Å². The summed E-state index contributed by atoms with van der Waals surface area (Å²) in [5.74, 6) is 2.06. The van der Waals surface area contributed by atoms with Crippen LogP contribution in [0, 0.1) is 5.92 Å². The Morgan fingerprint density at radius 1 is 1.53 bits per heavy atom. The van der Waals surface area contributed by atoms with Gasteiger partial charge < -0.3 is 5.32 Å². The highest BCUT2D eigenvalue weighted by atomic mass is 32.2. The standard InChI is InChI=1S/C12H26N2S/c1-5-13-12-6-7-14(8-10(12)2)11(3)9-15-4/h10-13H,5-9H2,1-4H3. The fourth-order valence-corrected chi connectivity index (χ4v) is 3.18. The smallest absolute Gasteiger partial charge is 0.0158 e. The molecule has 0 aromatic carbocycles. The molecule has 1 saturated heterocycles. The van der Waals surface area contributed by atoms with E-state index in [9.17, 15) is 0 Å². The van der Waals surface area contributed by atoms with Gasteiger partial charge in [-0.15, -0.1) is 0 Å². The summed E-state index contributed by atoms with van der Waals surface area (Å²) >= 11 is 1.96. The molecule has 3 unspecified atom stereocenters. The quantitative estimate of drug-likeness (QED) is 0.778. The minimum Gasteiger partial charge on any atom is -0.314 e. The van der Waals surface area contributed by atoms with Gasteiger partial charge in [-0.05, 0) is 38.6 Å². The van der Waals surface area contributed by atoms with Crippen LogP contribution in [0.25, 0.3) is 0 Å². The molecule has 3 atom stereocenters. The van der Waals surface area contributed by atoms with E-state index in [1.807, 2.05) is 11.8 Å². The zero-order valence-corrected chi connectivity index (χ0v) is 11.4. The molecule has 90 valence electrons. The van der Waals surface area contributed by atoms with Gasteiger partial charge in [-0.2, -0.15) is 11.8 Å². The number of hydrogen-bond donors (Lipinski definition) is 1. The summed E-state index contributed by atoms with van der Waals surface area (Å²) in [7, 11) is 0. The zero-order chi connectivity index (χ0) is 11.3. The number of nitrogens with one attached hydrogen (secondary N) is 1. The highest BCUT2D eigenvalue weighted by Gasteiger charge is 2.27. The van der Waals surface area contributed by atoms with Crippen molar-refractivity contribution in [2.45, 2.75) is 39.3 Å². The van der Waals surface area contributed by atoms with Crippen LogP contribution in [0.1, 0.15) is 27.2 Å². The molecule has 1 fully saturated rings. The van der Waals surface area contributed by atoms with Gasteiger partial charge in [0.25, 0.3) is 0 Å². The van der Waals surface area contributed by atoms with Gasteiger partial charge in [0.15, 0.2) is 0 Å². The van der Waals surface area contributed by atoms with Crippen molar-refractivity contribution in [1.82, 2.24) is 10.2 Å². The van der Waals surface area contributed by atoms with Gasteiger partial charge in [0.05, 0.1) is 0 Å². The maximum Gasteiger partial charge on any atom is 0.0158 e. The first kappa shape index (κ1) is 13.3. The molecule has 1 aliphatic rings. The molecule has 15 heavy (non-hydrogen) atoms. The number of piperidine rings is 1. The summed E-state index contributed by atoms with van der Waals surface area (Å²) in [6, 6.07) is 1.48. The lowest BCUT2D eigenvalue weighted by molar-refractivity contribution is 0.121. The van der Waals surface area contributed by atoms with Crippen LogP contribution in [-0.4, -0.2) is 48.6 Å². The molecule has 1 heterocycles. The summed E-state index contributed by atoms with van der Waals surface area (Å²) in [4.78, 5) is 2.65. The maximum atomic E-state index is 3.59. The van der Waals surface area contributed by atoms with Gasteiger partial charge in [-0.1, -0.05) is 13.8 Å². The lowest BCUT2D eigenvalue weighted by Crippen LogP contribution is -2.51. The molecule has 1 N–H and O–H groups in total. The Hall–Kier alpha value is 0.270. The minimum atomic E-state index is 0.741. The first-order chi connectivity index (χ1) is 7.19. The maximum absolute atomic E-state index is 3.59. The highest BCUT2D eigenvalue weighted by molar-refractivity contribution is 7.98. The second-order valence-corrected chi connectivity index (χ2v) is 5.64. The molecule has 0 aromatic rings. The Balaban J connectivity index is 2.36. The molecule has 0 saturated carbocycles. The number of rotatable bonds is 5. The summed E-state index contributed by atoms with van der Waals surface area (Å²) in [6.07, 6.45) is 3.51. The molecule has 3 heteroatoms. The van der Waals surface area contributed by atoms with Gasteiger partial charge in [-0.3, -0.25) is 4.90 Å². The Kier molecular flexibility index (Phi) is 6.02. The SMILES string of the molecule is CCNC1CCN(C(C)CSC)CC1C. The van der Waals surface area contributed by atoms with Crippen molar-refractivity contribution in [2.24, 2.45) is 5.92 Å². The average molecular weight is 230 g/mol. The normalized spacial score (nSPS) is 30.4. The van der Waals surface area contributed by atoms with Crippen molar-refractivity contribution in [3.63, 3.8) is 0 Å². The van der Waals surface area contributed by atoms with Crippen molar-refractivity contribution in [3.8, 4) is 0 Å². The molecular weight excluding hydrogens is 204 g/mol. The Labute approximate surface area is 99.2 Å². The van der Waals surface area contributed by atoms with Crippen LogP contribution in [0.3, 0.4) is 0 Å². The van der Waals surface area contributed by atoms with E-state index in [-0.39, 0.29) is 0 Å². The van der Waals surface area contributed by atoms with Crippen molar-refractivity contribution >= 4 is 11.8 Å². The van der Waals surface area contributed by atoms with E-state index >= 15 is 0 Å². The zero-order valence-electron chi connectivity index (χ0n) is 10.6. The van der Waals surface area contributed by atoms with E-state index in [0.29, 0.717) is 0 Å². The minimum absolute atomic E-state index is 0.741. The topological polar surface area (TPSA) is 15.3 Å². The predicted molar refractivity (Wildman–Crippen MR) is 70.7 cm³/mol. The molecule has 0 spiro atoms. The highest BCUT2D eigenvalue weighted by Crippen LogP contribution is 2.19. The van der Waals surface area contributed by atoms with Crippen LogP contribution in [0.15, 0.2) is 0 Å². The molecule has 0 amide bonds. The van der Waals surface area contributed by atoms with Crippen molar-refractivity contribution < 1.29 is 0 Å². The monoisotopic (exact) mass is 230 g/mol. The largest absolute Gasteiger partial charge is 0.314 e. The summed E-state index contributed by atoms with van der Waals surface area (Å²) in [5.41, 5.74) is 0. The van der Waals surface area contributed by atoms with Crippen molar-refractivity contribution in [3.05, 3.63) is 0 Å². The molecule has 0 bridgehead atoms. The van der Waals surface area contributed by atoms with E-state index in [2.05, 4.69) is 37.2 Å². The second-order valence-electron chi connectivity index (χ2n) is 4.73. The third kappa shape index (κ3) is 3.97.